The van der Waals surface area contributed by atoms with Gasteiger partial charge in [-0.05, 0) is 40.8 Å². The van der Waals surface area contributed by atoms with Gasteiger partial charge in [0, 0.05) is 26.3 Å². The molecule has 1 aliphatic carbocycles. The van der Waals surface area contributed by atoms with E-state index >= 15 is 0 Å². The molecule has 1 saturated carbocycles. The van der Waals surface area contributed by atoms with Gasteiger partial charge in [0.15, 0.2) is 0 Å². The van der Waals surface area contributed by atoms with Crippen LogP contribution in [0.1, 0.15) is 23.2 Å². The molecule has 7 heteroatoms. The lowest BCUT2D eigenvalue weighted by Crippen LogP contribution is -2.30. The molecule has 0 N–H and O–H groups in total. The van der Waals surface area contributed by atoms with Crippen molar-refractivity contribution in [3.05, 3.63) is 38.3 Å². The van der Waals surface area contributed by atoms with Crippen molar-refractivity contribution in [1.82, 2.24) is 4.90 Å². The molecule has 0 radical (unpaired) electrons. The lowest BCUT2D eigenvalue weighted by molar-refractivity contribution is -0.385. The topological polar surface area (TPSA) is 72.7 Å². The Labute approximate surface area is 131 Å². The van der Waals surface area contributed by atoms with Gasteiger partial charge in [0.25, 0.3) is 11.6 Å². The third-order valence-electron chi connectivity index (χ3n) is 3.37. The normalized spacial score (nSPS) is 14.0. The first kappa shape index (κ1) is 15.9. The number of benzene rings is 1. The molecule has 0 spiro atoms. The quantitative estimate of drug-likeness (QED) is 0.427. The van der Waals surface area contributed by atoms with E-state index < -0.39 is 4.92 Å². The van der Waals surface area contributed by atoms with Gasteiger partial charge in [0.2, 0.25) is 0 Å². The summed E-state index contributed by atoms with van der Waals surface area (Å²) in [6, 6.07) is 4.44. The van der Waals surface area contributed by atoms with Crippen molar-refractivity contribution in [2.75, 3.05) is 26.8 Å². The molecule has 6 nitrogen and oxygen atoms in total. The van der Waals surface area contributed by atoms with Crippen LogP contribution in [0.3, 0.4) is 0 Å². The maximum Gasteiger partial charge on any atom is 0.284 e. The Kier molecular flexibility index (Phi) is 5.30. The van der Waals surface area contributed by atoms with Crippen LogP contribution in [0, 0.1) is 16.0 Å². The lowest BCUT2D eigenvalue weighted by Gasteiger charge is -2.18. The van der Waals surface area contributed by atoms with Crippen LogP contribution in [0.15, 0.2) is 22.7 Å². The summed E-state index contributed by atoms with van der Waals surface area (Å²) in [5, 5.41) is 10.9. The first-order chi connectivity index (χ1) is 10.0. The molecule has 1 fully saturated rings. The molecule has 0 aromatic heterocycles. The summed E-state index contributed by atoms with van der Waals surface area (Å²) in [4.78, 5) is 24.2. The van der Waals surface area contributed by atoms with Crippen molar-refractivity contribution in [3.8, 4) is 0 Å². The summed E-state index contributed by atoms with van der Waals surface area (Å²) in [6.07, 6.45) is 2.46. The zero-order chi connectivity index (χ0) is 15.4. The Morgan fingerprint density at radius 3 is 2.86 bits per heavy atom. The molecule has 0 unspecified atom stereocenters. The number of nitro groups is 1. The fourth-order valence-electron chi connectivity index (χ4n) is 1.87. The van der Waals surface area contributed by atoms with E-state index in [-0.39, 0.29) is 21.6 Å². The summed E-state index contributed by atoms with van der Waals surface area (Å²) < 4.78 is 5.71. The average Bonchev–Trinajstić information content (AvgIpc) is 3.26. The number of hydrogen-bond acceptors (Lipinski definition) is 4. The van der Waals surface area contributed by atoms with Crippen molar-refractivity contribution in [2.45, 2.75) is 12.8 Å². The van der Waals surface area contributed by atoms with E-state index in [0.717, 1.165) is 6.61 Å². The SMILES string of the molecule is CN(CCOCC1CC1)C(=O)c1cccc([N+](=O)[O-])c1Br. The second kappa shape index (κ2) is 7.00. The minimum absolute atomic E-state index is 0.112. The molecule has 0 aliphatic heterocycles. The van der Waals surface area contributed by atoms with E-state index in [0.29, 0.717) is 19.1 Å². The summed E-state index contributed by atoms with van der Waals surface area (Å²) >= 11 is 3.14. The van der Waals surface area contributed by atoms with Gasteiger partial charge in [0.1, 0.15) is 4.47 Å². The number of nitrogens with zero attached hydrogens (tertiary/aromatic N) is 2. The molecule has 1 amide bonds. The van der Waals surface area contributed by atoms with E-state index in [9.17, 15) is 14.9 Å². The highest BCUT2D eigenvalue weighted by Crippen LogP contribution is 2.29. The van der Waals surface area contributed by atoms with Crippen molar-refractivity contribution >= 4 is 27.5 Å². The molecule has 114 valence electrons. The standard InChI is InChI=1S/C14H17BrN2O4/c1-16(7-8-21-9-10-5-6-10)14(18)11-3-2-4-12(13(11)15)17(19)20/h2-4,10H,5-9H2,1H3. The minimum Gasteiger partial charge on any atom is -0.379 e. The van der Waals surface area contributed by atoms with Gasteiger partial charge in [0.05, 0.1) is 17.1 Å². The second-order valence-corrected chi connectivity index (χ2v) is 5.93. The Hall–Kier alpha value is -1.47. The molecule has 1 aromatic carbocycles. The molecule has 0 heterocycles. The van der Waals surface area contributed by atoms with Gasteiger partial charge in [-0.3, -0.25) is 14.9 Å². The minimum atomic E-state index is -0.514. The summed E-state index contributed by atoms with van der Waals surface area (Å²) in [5.41, 5.74) is 0.174. The number of ether oxygens (including phenoxy) is 1. The predicted molar refractivity (Wildman–Crippen MR) is 81.3 cm³/mol. The first-order valence-corrected chi connectivity index (χ1v) is 7.56. The Morgan fingerprint density at radius 2 is 2.24 bits per heavy atom. The van der Waals surface area contributed by atoms with E-state index in [1.54, 1.807) is 13.1 Å². The third-order valence-corrected chi connectivity index (χ3v) is 4.21. The summed E-state index contributed by atoms with van der Waals surface area (Å²) in [7, 11) is 1.66. The number of nitro benzene ring substituents is 1. The van der Waals surface area contributed by atoms with Crippen LogP contribution in [0.2, 0.25) is 0 Å². The zero-order valence-corrected chi connectivity index (χ0v) is 13.3. The van der Waals surface area contributed by atoms with Crippen molar-refractivity contribution in [1.29, 1.82) is 0 Å². The highest BCUT2D eigenvalue weighted by Gasteiger charge is 2.23. The number of hydrogen-bond donors (Lipinski definition) is 0. The van der Waals surface area contributed by atoms with Gasteiger partial charge in [-0.2, -0.15) is 0 Å². The van der Waals surface area contributed by atoms with Crippen LogP contribution in [0.25, 0.3) is 0 Å². The van der Waals surface area contributed by atoms with Crippen molar-refractivity contribution in [2.24, 2.45) is 5.92 Å². The highest BCUT2D eigenvalue weighted by molar-refractivity contribution is 9.10. The van der Waals surface area contributed by atoms with Crippen LogP contribution in [-0.2, 0) is 4.74 Å². The van der Waals surface area contributed by atoms with E-state index in [4.69, 9.17) is 4.74 Å². The Morgan fingerprint density at radius 1 is 1.52 bits per heavy atom. The third kappa shape index (κ3) is 4.25. The maximum atomic E-state index is 12.3. The second-order valence-electron chi connectivity index (χ2n) is 5.14. The molecular weight excluding hydrogens is 340 g/mol. The molecule has 0 atom stereocenters. The lowest BCUT2D eigenvalue weighted by atomic mass is 10.2. The van der Waals surface area contributed by atoms with Gasteiger partial charge in [-0.25, -0.2) is 0 Å². The molecule has 0 bridgehead atoms. The Balaban J connectivity index is 1.94. The van der Waals surface area contributed by atoms with Crippen LogP contribution in [0.4, 0.5) is 5.69 Å². The van der Waals surface area contributed by atoms with Crippen LogP contribution in [0.5, 0.6) is 0 Å². The fourth-order valence-corrected chi connectivity index (χ4v) is 2.45. The summed E-state index contributed by atoms with van der Waals surface area (Å²) in [5.74, 6) is 0.428. The number of amides is 1. The van der Waals surface area contributed by atoms with Gasteiger partial charge < -0.3 is 9.64 Å². The average molecular weight is 357 g/mol. The largest absolute Gasteiger partial charge is 0.379 e. The van der Waals surface area contributed by atoms with Crippen LogP contribution >= 0.6 is 15.9 Å². The monoisotopic (exact) mass is 356 g/mol. The number of rotatable bonds is 7. The number of carbonyl (C=O) groups excluding carboxylic acids is 1. The zero-order valence-electron chi connectivity index (χ0n) is 11.8. The molecule has 2 rings (SSSR count). The molecule has 1 aromatic rings. The summed E-state index contributed by atoms with van der Waals surface area (Å²) in [6.45, 7) is 1.69. The fraction of sp³-hybridized carbons (Fsp3) is 0.500. The number of likely N-dealkylation sites (N-methyl/N-ethyl adjacent to an activating group) is 1. The maximum absolute atomic E-state index is 12.3. The van der Waals surface area contributed by atoms with E-state index in [2.05, 4.69) is 15.9 Å². The molecule has 21 heavy (non-hydrogen) atoms. The highest BCUT2D eigenvalue weighted by atomic mass is 79.9. The first-order valence-electron chi connectivity index (χ1n) is 6.77. The van der Waals surface area contributed by atoms with Crippen molar-refractivity contribution in [3.63, 3.8) is 0 Å². The van der Waals surface area contributed by atoms with Gasteiger partial charge >= 0.3 is 0 Å². The van der Waals surface area contributed by atoms with Gasteiger partial charge in [-0.1, -0.05) is 6.07 Å². The number of carbonyl (C=O) groups is 1. The van der Waals surface area contributed by atoms with Gasteiger partial charge in [-0.15, -0.1) is 0 Å². The van der Waals surface area contributed by atoms with E-state index in [1.165, 1.54) is 29.9 Å². The Bertz CT molecular complexity index is 546. The van der Waals surface area contributed by atoms with E-state index in [1.807, 2.05) is 0 Å². The molecule has 1 aliphatic rings. The van der Waals surface area contributed by atoms with Crippen molar-refractivity contribution < 1.29 is 14.5 Å². The smallest absolute Gasteiger partial charge is 0.284 e. The molecular formula is C14H17BrN2O4. The van der Waals surface area contributed by atoms with Crippen LogP contribution < -0.4 is 0 Å². The number of halogens is 1. The predicted octanol–water partition coefficient (Wildman–Crippen LogP) is 2.86. The molecule has 0 saturated heterocycles. The van der Waals surface area contributed by atoms with Crippen LogP contribution in [-0.4, -0.2) is 42.5 Å².